The Hall–Kier alpha value is -4.41. The van der Waals surface area contributed by atoms with Crippen molar-refractivity contribution in [2.24, 2.45) is 0 Å². The van der Waals surface area contributed by atoms with Crippen LogP contribution in [0.5, 0.6) is 5.75 Å². The highest BCUT2D eigenvalue weighted by Gasteiger charge is 2.29. The standard InChI is InChI=1S/C32H30ClFN2O6S/c1-3-41-29-8-6-5-7-28(29)35-32(38)24-13-18-27(34)30(20-24)43(39,40)36(21-23-9-14-25(33)15-10-23)26-16-11-22(12-17-26)19-31(37)42-4-2/h5-18,20H,3-4,19,21H2,1-2H3,(H,35,38). The molecule has 224 valence electrons. The number of anilines is 2. The molecule has 4 aromatic rings. The largest absolute Gasteiger partial charge is 0.492 e. The monoisotopic (exact) mass is 624 g/mol. The van der Waals surface area contributed by atoms with Gasteiger partial charge in [-0.2, -0.15) is 0 Å². The number of rotatable bonds is 12. The Morgan fingerprint density at radius 1 is 0.884 bits per heavy atom. The zero-order valence-corrected chi connectivity index (χ0v) is 25.1. The molecule has 1 N–H and O–H groups in total. The molecule has 0 aromatic heterocycles. The first-order valence-corrected chi connectivity index (χ1v) is 15.3. The predicted molar refractivity (Wildman–Crippen MR) is 164 cm³/mol. The average molecular weight is 625 g/mol. The van der Waals surface area contributed by atoms with Gasteiger partial charge in [0.1, 0.15) is 16.5 Å². The zero-order chi connectivity index (χ0) is 31.0. The highest BCUT2D eigenvalue weighted by atomic mass is 35.5. The second-order valence-electron chi connectivity index (χ2n) is 9.31. The summed E-state index contributed by atoms with van der Waals surface area (Å²) in [6.45, 7) is 3.97. The van der Waals surface area contributed by atoms with Gasteiger partial charge in [0.25, 0.3) is 15.9 Å². The molecule has 0 bridgehead atoms. The molecule has 0 saturated heterocycles. The fourth-order valence-corrected chi connectivity index (χ4v) is 5.91. The summed E-state index contributed by atoms with van der Waals surface area (Å²) in [4.78, 5) is 24.4. The molecule has 4 rings (SSSR count). The number of para-hydroxylation sites is 2. The minimum absolute atomic E-state index is 0.0102. The van der Waals surface area contributed by atoms with Crippen molar-refractivity contribution < 1.29 is 31.9 Å². The van der Waals surface area contributed by atoms with Gasteiger partial charge in [-0.15, -0.1) is 0 Å². The maximum Gasteiger partial charge on any atom is 0.310 e. The van der Waals surface area contributed by atoms with Gasteiger partial charge in [0.2, 0.25) is 0 Å². The van der Waals surface area contributed by atoms with E-state index in [4.69, 9.17) is 21.1 Å². The van der Waals surface area contributed by atoms with Crippen LogP contribution in [-0.4, -0.2) is 33.5 Å². The smallest absolute Gasteiger partial charge is 0.310 e. The number of esters is 1. The summed E-state index contributed by atoms with van der Waals surface area (Å²) in [7, 11) is -4.55. The topological polar surface area (TPSA) is 102 Å². The number of hydrogen-bond donors (Lipinski definition) is 1. The van der Waals surface area contributed by atoms with E-state index in [0.717, 1.165) is 16.4 Å². The molecule has 4 aromatic carbocycles. The fourth-order valence-electron chi connectivity index (χ4n) is 4.24. The molecular formula is C32H30ClFN2O6S. The maximum atomic E-state index is 15.2. The summed E-state index contributed by atoms with van der Waals surface area (Å²) < 4.78 is 55.0. The van der Waals surface area contributed by atoms with Crippen molar-refractivity contribution in [2.45, 2.75) is 31.7 Å². The molecule has 0 heterocycles. The maximum absolute atomic E-state index is 15.2. The van der Waals surface area contributed by atoms with Gasteiger partial charge >= 0.3 is 5.97 Å². The third-order valence-electron chi connectivity index (χ3n) is 6.31. The van der Waals surface area contributed by atoms with Gasteiger partial charge in [0.15, 0.2) is 0 Å². The Morgan fingerprint density at radius 3 is 2.23 bits per heavy atom. The zero-order valence-electron chi connectivity index (χ0n) is 23.5. The van der Waals surface area contributed by atoms with E-state index in [1.165, 1.54) is 18.2 Å². The predicted octanol–water partition coefficient (Wildman–Crippen LogP) is 6.63. The molecule has 0 radical (unpaired) electrons. The number of ether oxygens (including phenoxy) is 2. The molecule has 0 unspecified atom stereocenters. The van der Waals surface area contributed by atoms with Crippen molar-refractivity contribution in [2.75, 3.05) is 22.8 Å². The molecule has 0 aliphatic rings. The lowest BCUT2D eigenvalue weighted by molar-refractivity contribution is -0.142. The van der Waals surface area contributed by atoms with Crippen LogP contribution in [0.4, 0.5) is 15.8 Å². The summed E-state index contributed by atoms with van der Waals surface area (Å²) in [5.41, 5.74) is 1.74. The van der Waals surface area contributed by atoms with Crippen LogP contribution in [0.25, 0.3) is 0 Å². The highest BCUT2D eigenvalue weighted by Crippen LogP contribution is 2.30. The summed E-state index contributed by atoms with van der Waals surface area (Å²) >= 11 is 6.02. The minimum Gasteiger partial charge on any atom is -0.492 e. The van der Waals surface area contributed by atoms with Crippen LogP contribution < -0.4 is 14.4 Å². The molecule has 0 aliphatic heterocycles. The van der Waals surface area contributed by atoms with Crippen LogP contribution in [-0.2, 0) is 32.5 Å². The van der Waals surface area contributed by atoms with Crippen molar-refractivity contribution >= 4 is 44.9 Å². The molecule has 0 saturated carbocycles. The summed E-state index contributed by atoms with van der Waals surface area (Å²) in [6, 6.07) is 22.8. The third-order valence-corrected chi connectivity index (χ3v) is 8.35. The van der Waals surface area contributed by atoms with E-state index in [1.54, 1.807) is 74.5 Å². The van der Waals surface area contributed by atoms with E-state index in [-0.39, 0.29) is 30.8 Å². The molecule has 8 nitrogen and oxygen atoms in total. The van der Waals surface area contributed by atoms with E-state index in [0.29, 0.717) is 34.2 Å². The number of carbonyl (C=O) groups excluding carboxylic acids is 2. The normalized spacial score (nSPS) is 11.1. The van der Waals surface area contributed by atoms with Crippen LogP contribution in [0.15, 0.2) is 95.9 Å². The van der Waals surface area contributed by atoms with Crippen molar-refractivity contribution in [1.82, 2.24) is 0 Å². The highest BCUT2D eigenvalue weighted by molar-refractivity contribution is 7.92. The Balaban J connectivity index is 1.70. The Morgan fingerprint density at radius 2 is 1.56 bits per heavy atom. The van der Waals surface area contributed by atoms with E-state index in [9.17, 15) is 18.0 Å². The van der Waals surface area contributed by atoms with Gasteiger partial charge in [-0.05, 0) is 79.6 Å². The van der Waals surface area contributed by atoms with Crippen LogP contribution in [0.3, 0.4) is 0 Å². The van der Waals surface area contributed by atoms with Gasteiger partial charge < -0.3 is 14.8 Å². The molecule has 0 spiro atoms. The number of benzene rings is 4. The lowest BCUT2D eigenvalue weighted by atomic mass is 10.1. The SMILES string of the molecule is CCOC(=O)Cc1ccc(N(Cc2ccc(Cl)cc2)S(=O)(=O)c2cc(C(=O)Nc3ccccc3OCC)ccc2F)cc1. The van der Waals surface area contributed by atoms with Crippen molar-refractivity contribution in [3.63, 3.8) is 0 Å². The summed E-state index contributed by atoms with van der Waals surface area (Å²) in [6.07, 6.45) is 0.0102. The number of hydrogen-bond acceptors (Lipinski definition) is 6. The van der Waals surface area contributed by atoms with E-state index >= 15 is 4.39 Å². The minimum atomic E-state index is -4.55. The first-order chi connectivity index (χ1) is 20.6. The van der Waals surface area contributed by atoms with Gasteiger partial charge in [-0.1, -0.05) is 48.0 Å². The van der Waals surface area contributed by atoms with Gasteiger partial charge in [-0.25, -0.2) is 12.8 Å². The molecule has 0 aliphatic carbocycles. The molecule has 0 atom stereocenters. The average Bonchev–Trinajstić information content (AvgIpc) is 2.98. The third kappa shape index (κ3) is 7.91. The van der Waals surface area contributed by atoms with Crippen LogP contribution in [0.2, 0.25) is 5.02 Å². The lowest BCUT2D eigenvalue weighted by Gasteiger charge is -2.25. The Kier molecular flexibility index (Phi) is 10.4. The second-order valence-corrected chi connectivity index (χ2v) is 11.6. The van der Waals surface area contributed by atoms with E-state index in [2.05, 4.69) is 5.32 Å². The van der Waals surface area contributed by atoms with Gasteiger partial charge in [-0.3, -0.25) is 13.9 Å². The molecule has 1 amide bonds. The summed E-state index contributed by atoms with van der Waals surface area (Å²) in [5, 5.41) is 3.17. The van der Waals surface area contributed by atoms with Crippen LogP contribution >= 0.6 is 11.6 Å². The summed E-state index contributed by atoms with van der Waals surface area (Å²) in [5.74, 6) is -1.64. The first kappa shape index (κ1) is 31.5. The van der Waals surface area contributed by atoms with Crippen molar-refractivity contribution in [1.29, 1.82) is 0 Å². The lowest BCUT2D eigenvalue weighted by Crippen LogP contribution is -2.31. The van der Waals surface area contributed by atoms with Gasteiger partial charge in [0, 0.05) is 10.6 Å². The number of halogens is 2. The van der Waals surface area contributed by atoms with Crippen LogP contribution in [0.1, 0.15) is 35.3 Å². The number of carbonyl (C=O) groups is 2. The number of sulfonamides is 1. The van der Waals surface area contributed by atoms with Crippen molar-refractivity contribution in [3.8, 4) is 5.75 Å². The van der Waals surface area contributed by atoms with E-state index < -0.39 is 32.6 Å². The fraction of sp³-hybridized carbons (Fsp3) is 0.188. The number of nitrogens with one attached hydrogen (secondary N) is 1. The number of amides is 1. The molecular weight excluding hydrogens is 595 g/mol. The van der Waals surface area contributed by atoms with E-state index in [1.807, 2.05) is 0 Å². The van der Waals surface area contributed by atoms with Crippen molar-refractivity contribution in [3.05, 3.63) is 119 Å². The Labute approximate surface area is 255 Å². The molecule has 0 fully saturated rings. The molecule has 43 heavy (non-hydrogen) atoms. The van der Waals surface area contributed by atoms with Gasteiger partial charge in [0.05, 0.1) is 37.6 Å². The quantitative estimate of drug-likeness (QED) is 0.178. The second kappa shape index (κ2) is 14.2. The van der Waals surface area contributed by atoms with Crippen LogP contribution in [0, 0.1) is 5.82 Å². The molecule has 11 heteroatoms. The Bertz CT molecular complexity index is 1700. The first-order valence-electron chi connectivity index (χ1n) is 13.5. The number of nitrogens with zero attached hydrogens (tertiary/aromatic N) is 1.